The molecule has 2 aliphatic rings. The maximum Gasteiger partial charge on any atom is -0.0443 e. The fourth-order valence-corrected chi connectivity index (χ4v) is 2.85. The molecule has 2 aliphatic carbocycles. The van der Waals surface area contributed by atoms with Crippen molar-refractivity contribution in [3.8, 4) is 0 Å². The van der Waals surface area contributed by atoms with E-state index in [2.05, 4.69) is 27.7 Å². The Bertz CT molecular complexity index is 117. The average Bonchev–Trinajstić information content (AvgIpc) is 2.28. The monoisotopic (exact) mass is 256 g/mol. The minimum absolute atomic E-state index is 0. The van der Waals surface area contributed by atoms with Crippen LogP contribution in [0.2, 0.25) is 0 Å². The summed E-state index contributed by atoms with van der Waals surface area (Å²) in [6, 6.07) is 0. The fraction of sp³-hybridized carbons (Fsp3) is 1.00. The molecule has 0 radical (unpaired) electrons. The lowest BCUT2D eigenvalue weighted by molar-refractivity contribution is 0.308. The van der Waals surface area contributed by atoms with E-state index in [1.807, 2.05) is 0 Å². The van der Waals surface area contributed by atoms with E-state index < -0.39 is 0 Å². The summed E-state index contributed by atoms with van der Waals surface area (Å²) in [7, 11) is 0. The summed E-state index contributed by atoms with van der Waals surface area (Å²) in [5.74, 6) is 4.08. The Morgan fingerprint density at radius 1 is 0.389 bits per heavy atom. The smallest absolute Gasteiger partial charge is 0.0443 e. The second kappa shape index (κ2) is 10.9. The predicted octanol–water partition coefficient (Wildman–Crippen LogP) is 6.94. The summed E-state index contributed by atoms with van der Waals surface area (Å²) in [5.41, 5.74) is 0. The standard InChI is InChI=1S/2C8H16.2CH4/c2*1-7-3-5-8(2)6-4-7;;/h2*7-8H,3-6H2,1-2H3;2*1H4. The molecule has 0 aromatic carbocycles. The zero-order valence-electron chi connectivity index (χ0n) is 12.0. The number of hydrogen-bond acceptors (Lipinski definition) is 0. The van der Waals surface area contributed by atoms with E-state index in [-0.39, 0.29) is 14.9 Å². The van der Waals surface area contributed by atoms with Crippen molar-refractivity contribution in [1.82, 2.24) is 0 Å². The summed E-state index contributed by atoms with van der Waals surface area (Å²) in [6.07, 6.45) is 11.8. The van der Waals surface area contributed by atoms with Crippen molar-refractivity contribution in [3.63, 3.8) is 0 Å². The molecule has 0 spiro atoms. The maximum absolute atomic E-state index is 2.37. The Hall–Kier alpha value is 0. The van der Waals surface area contributed by atoms with Crippen LogP contribution in [0, 0.1) is 23.7 Å². The number of rotatable bonds is 0. The maximum atomic E-state index is 2.37. The first-order chi connectivity index (χ1) is 7.58. The van der Waals surface area contributed by atoms with Crippen LogP contribution in [0.3, 0.4) is 0 Å². The van der Waals surface area contributed by atoms with Gasteiger partial charge in [0.15, 0.2) is 0 Å². The SMILES string of the molecule is C.C.CC1CCC(C)CC1.CC1CCC(C)CC1. The quantitative estimate of drug-likeness (QED) is 0.440. The van der Waals surface area contributed by atoms with E-state index in [4.69, 9.17) is 0 Å². The molecule has 0 aliphatic heterocycles. The van der Waals surface area contributed by atoms with Crippen LogP contribution in [0.1, 0.15) is 93.9 Å². The highest BCUT2D eigenvalue weighted by Gasteiger charge is 2.13. The van der Waals surface area contributed by atoms with Gasteiger partial charge in [0, 0.05) is 0 Å². The first-order valence-electron chi connectivity index (χ1n) is 7.58. The number of hydrogen-bond donors (Lipinski definition) is 0. The average molecular weight is 257 g/mol. The van der Waals surface area contributed by atoms with E-state index in [1.165, 1.54) is 51.4 Å². The van der Waals surface area contributed by atoms with Gasteiger partial charge in [-0.25, -0.2) is 0 Å². The predicted molar refractivity (Wildman–Crippen MR) is 87.1 cm³/mol. The minimum Gasteiger partial charge on any atom is -0.0776 e. The molecule has 0 amide bonds. The highest BCUT2D eigenvalue weighted by atomic mass is 14.2. The fourth-order valence-electron chi connectivity index (χ4n) is 2.85. The van der Waals surface area contributed by atoms with Gasteiger partial charge < -0.3 is 0 Å². The molecule has 0 aromatic rings. The molecule has 2 rings (SSSR count). The van der Waals surface area contributed by atoms with Crippen LogP contribution in [-0.4, -0.2) is 0 Å². The second-order valence-corrected chi connectivity index (χ2v) is 6.73. The highest BCUT2D eigenvalue weighted by Crippen LogP contribution is 2.27. The molecule has 0 N–H and O–H groups in total. The molecule has 0 unspecified atom stereocenters. The molecule has 2 fully saturated rings. The van der Waals surface area contributed by atoms with Gasteiger partial charge in [-0.15, -0.1) is 0 Å². The third-order valence-electron chi connectivity index (χ3n) is 4.61. The first-order valence-corrected chi connectivity index (χ1v) is 7.58. The molecule has 0 heteroatoms. The van der Waals surface area contributed by atoms with Crippen molar-refractivity contribution >= 4 is 0 Å². The van der Waals surface area contributed by atoms with Gasteiger partial charge >= 0.3 is 0 Å². The lowest BCUT2D eigenvalue weighted by Crippen LogP contribution is -2.08. The summed E-state index contributed by atoms with van der Waals surface area (Å²) in [6.45, 7) is 9.47. The minimum atomic E-state index is 0. The molecule has 0 atom stereocenters. The molecule has 0 heterocycles. The zero-order valence-corrected chi connectivity index (χ0v) is 12.0. The Morgan fingerprint density at radius 3 is 0.611 bits per heavy atom. The van der Waals surface area contributed by atoms with Crippen molar-refractivity contribution in [3.05, 3.63) is 0 Å². The molecule has 2 saturated carbocycles. The van der Waals surface area contributed by atoms with Crippen LogP contribution in [0.25, 0.3) is 0 Å². The van der Waals surface area contributed by atoms with Gasteiger partial charge in [-0.1, -0.05) is 93.9 Å². The van der Waals surface area contributed by atoms with Gasteiger partial charge in [0.2, 0.25) is 0 Å². The van der Waals surface area contributed by atoms with Gasteiger partial charge in [-0.3, -0.25) is 0 Å². The topological polar surface area (TPSA) is 0 Å². The van der Waals surface area contributed by atoms with E-state index in [1.54, 1.807) is 0 Å². The van der Waals surface area contributed by atoms with E-state index in [9.17, 15) is 0 Å². The Labute approximate surface area is 118 Å². The van der Waals surface area contributed by atoms with Crippen LogP contribution in [0.5, 0.6) is 0 Å². The molecule has 0 nitrogen and oxygen atoms in total. The molecule has 0 saturated heterocycles. The van der Waals surface area contributed by atoms with Gasteiger partial charge in [0.25, 0.3) is 0 Å². The first kappa shape index (κ1) is 20.3. The van der Waals surface area contributed by atoms with Crippen LogP contribution < -0.4 is 0 Å². The molecule has 112 valence electrons. The Balaban J connectivity index is 0. The van der Waals surface area contributed by atoms with Crippen molar-refractivity contribution in [2.45, 2.75) is 93.9 Å². The molecular formula is C18H40. The normalized spacial score (nSPS) is 35.3. The van der Waals surface area contributed by atoms with Crippen molar-refractivity contribution in [1.29, 1.82) is 0 Å². The summed E-state index contributed by atoms with van der Waals surface area (Å²) < 4.78 is 0. The molecule has 18 heavy (non-hydrogen) atoms. The molecule has 0 bridgehead atoms. The molecular weight excluding hydrogens is 216 g/mol. The summed E-state index contributed by atoms with van der Waals surface area (Å²) >= 11 is 0. The summed E-state index contributed by atoms with van der Waals surface area (Å²) in [5, 5.41) is 0. The van der Waals surface area contributed by atoms with Gasteiger partial charge in [0.05, 0.1) is 0 Å². The summed E-state index contributed by atoms with van der Waals surface area (Å²) in [4.78, 5) is 0. The second-order valence-electron chi connectivity index (χ2n) is 6.73. The van der Waals surface area contributed by atoms with Crippen LogP contribution in [0.4, 0.5) is 0 Å². The van der Waals surface area contributed by atoms with E-state index >= 15 is 0 Å². The largest absolute Gasteiger partial charge is 0.0776 e. The lowest BCUT2D eigenvalue weighted by atomic mass is 9.84. The van der Waals surface area contributed by atoms with Gasteiger partial charge in [-0.05, 0) is 23.7 Å². The van der Waals surface area contributed by atoms with E-state index in [0.717, 1.165) is 23.7 Å². The van der Waals surface area contributed by atoms with Gasteiger partial charge in [0.1, 0.15) is 0 Å². The van der Waals surface area contributed by atoms with E-state index in [0.29, 0.717) is 0 Å². The third kappa shape index (κ3) is 9.00. The Kier molecular flexibility index (Phi) is 12.3. The van der Waals surface area contributed by atoms with Gasteiger partial charge in [-0.2, -0.15) is 0 Å². The van der Waals surface area contributed by atoms with Crippen molar-refractivity contribution < 1.29 is 0 Å². The van der Waals surface area contributed by atoms with Crippen molar-refractivity contribution in [2.24, 2.45) is 23.7 Å². The lowest BCUT2D eigenvalue weighted by Gasteiger charge is -2.22. The van der Waals surface area contributed by atoms with Crippen LogP contribution in [0.15, 0.2) is 0 Å². The highest BCUT2D eigenvalue weighted by molar-refractivity contribution is 4.66. The van der Waals surface area contributed by atoms with Crippen molar-refractivity contribution in [2.75, 3.05) is 0 Å². The van der Waals surface area contributed by atoms with Crippen LogP contribution in [-0.2, 0) is 0 Å². The zero-order chi connectivity index (χ0) is 12.0. The third-order valence-corrected chi connectivity index (χ3v) is 4.61. The van der Waals surface area contributed by atoms with Crippen LogP contribution >= 0.6 is 0 Å². The molecule has 0 aromatic heterocycles. The Morgan fingerprint density at radius 2 is 0.500 bits per heavy atom.